The lowest BCUT2D eigenvalue weighted by Crippen LogP contribution is -2.41. The van der Waals surface area contributed by atoms with E-state index in [4.69, 9.17) is 4.74 Å². The Hall–Kier alpha value is -1.03. The standard InChI is InChI=1S/C17H31NO3/c1-5-7-13-8-6-9-14(10-13)11-15(12-19)18-16(20)21-17(2,3)4/h9,13,15,19H,5-8,10-12H2,1-4H3,(H,18,20). The maximum atomic E-state index is 11.8. The molecule has 0 aliphatic heterocycles. The van der Waals surface area contributed by atoms with Gasteiger partial charge in [0.15, 0.2) is 0 Å². The fourth-order valence-electron chi connectivity index (χ4n) is 2.85. The van der Waals surface area contributed by atoms with Gasteiger partial charge < -0.3 is 15.2 Å². The van der Waals surface area contributed by atoms with Gasteiger partial charge in [-0.1, -0.05) is 31.4 Å². The number of allylic oxidation sites excluding steroid dienone is 1. The van der Waals surface area contributed by atoms with Crippen molar-refractivity contribution in [2.24, 2.45) is 5.92 Å². The molecule has 0 spiro atoms. The Bertz CT molecular complexity index is 358. The Kier molecular flexibility index (Phi) is 7.23. The molecule has 0 aromatic carbocycles. The Morgan fingerprint density at radius 3 is 2.81 bits per heavy atom. The summed E-state index contributed by atoms with van der Waals surface area (Å²) in [4.78, 5) is 11.8. The van der Waals surface area contributed by atoms with Crippen LogP contribution in [0.5, 0.6) is 0 Å². The minimum atomic E-state index is -0.513. The van der Waals surface area contributed by atoms with Crippen molar-refractivity contribution < 1.29 is 14.6 Å². The van der Waals surface area contributed by atoms with Gasteiger partial charge >= 0.3 is 6.09 Å². The summed E-state index contributed by atoms with van der Waals surface area (Å²) < 4.78 is 5.24. The molecule has 0 aromatic heterocycles. The van der Waals surface area contributed by atoms with Crippen molar-refractivity contribution in [3.63, 3.8) is 0 Å². The van der Waals surface area contributed by atoms with Crippen molar-refractivity contribution in [1.82, 2.24) is 5.32 Å². The second kappa shape index (κ2) is 8.42. The minimum Gasteiger partial charge on any atom is -0.444 e. The van der Waals surface area contributed by atoms with Crippen LogP contribution in [-0.2, 0) is 4.74 Å². The van der Waals surface area contributed by atoms with Gasteiger partial charge in [0.2, 0.25) is 0 Å². The fourth-order valence-corrected chi connectivity index (χ4v) is 2.85. The zero-order chi connectivity index (χ0) is 15.9. The van der Waals surface area contributed by atoms with Gasteiger partial charge in [-0.2, -0.15) is 0 Å². The number of hydrogen-bond donors (Lipinski definition) is 2. The first-order chi connectivity index (χ1) is 9.84. The van der Waals surface area contributed by atoms with Crippen LogP contribution in [0.4, 0.5) is 4.79 Å². The maximum Gasteiger partial charge on any atom is 0.407 e. The van der Waals surface area contributed by atoms with Crippen LogP contribution < -0.4 is 5.32 Å². The van der Waals surface area contributed by atoms with Crippen LogP contribution in [0.3, 0.4) is 0 Å². The molecule has 122 valence electrons. The Morgan fingerprint density at radius 1 is 1.52 bits per heavy atom. The smallest absolute Gasteiger partial charge is 0.407 e. The normalized spacial score (nSPS) is 20.6. The highest BCUT2D eigenvalue weighted by atomic mass is 16.6. The summed E-state index contributed by atoms with van der Waals surface area (Å²) in [7, 11) is 0. The van der Waals surface area contributed by atoms with E-state index in [-0.39, 0.29) is 12.6 Å². The molecule has 1 amide bonds. The summed E-state index contributed by atoms with van der Waals surface area (Å²) in [5.41, 5.74) is 0.843. The first-order valence-electron chi connectivity index (χ1n) is 8.12. The van der Waals surface area contributed by atoms with E-state index < -0.39 is 11.7 Å². The quantitative estimate of drug-likeness (QED) is 0.733. The predicted octanol–water partition coefficient (Wildman–Crippen LogP) is 3.79. The molecule has 0 fully saturated rings. The second-order valence-corrected chi connectivity index (χ2v) is 7.03. The van der Waals surface area contributed by atoms with Crippen molar-refractivity contribution in [2.45, 2.75) is 77.9 Å². The summed E-state index contributed by atoms with van der Waals surface area (Å²) in [6.07, 6.45) is 8.49. The van der Waals surface area contributed by atoms with Crippen LogP contribution in [0, 0.1) is 5.92 Å². The third kappa shape index (κ3) is 7.51. The van der Waals surface area contributed by atoms with Gasteiger partial charge in [0.05, 0.1) is 12.6 Å². The Balaban J connectivity index is 2.46. The molecule has 0 heterocycles. The Labute approximate surface area is 129 Å². The van der Waals surface area contributed by atoms with Crippen LogP contribution in [0.1, 0.15) is 66.2 Å². The predicted molar refractivity (Wildman–Crippen MR) is 85.2 cm³/mol. The summed E-state index contributed by atoms with van der Waals surface area (Å²) in [5, 5.41) is 12.2. The topological polar surface area (TPSA) is 58.6 Å². The highest BCUT2D eigenvalue weighted by Gasteiger charge is 2.22. The molecular formula is C17H31NO3. The van der Waals surface area contributed by atoms with E-state index in [1.807, 2.05) is 20.8 Å². The number of carbonyl (C=O) groups is 1. The molecule has 4 nitrogen and oxygen atoms in total. The number of carbonyl (C=O) groups excluding carboxylic acids is 1. The van der Waals surface area contributed by atoms with E-state index in [1.165, 1.54) is 24.8 Å². The molecule has 2 atom stereocenters. The molecule has 0 saturated carbocycles. The molecule has 0 bridgehead atoms. The zero-order valence-electron chi connectivity index (χ0n) is 13.9. The van der Waals surface area contributed by atoms with Crippen molar-refractivity contribution >= 4 is 6.09 Å². The van der Waals surface area contributed by atoms with E-state index in [2.05, 4.69) is 18.3 Å². The number of amides is 1. The fraction of sp³-hybridized carbons (Fsp3) is 0.824. The second-order valence-electron chi connectivity index (χ2n) is 7.03. The highest BCUT2D eigenvalue weighted by molar-refractivity contribution is 5.68. The molecule has 2 N–H and O–H groups in total. The highest BCUT2D eigenvalue weighted by Crippen LogP contribution is 2.29. The summed E-state index contributed by atoms with van der Waals surface area (Å²) in [6.45, 7) is 7.66. The van der Waals surface area contributed by atoms with Gasteiger partial charge in [0, 0.05) is 0 Å². The lowest BCUT2D eigenvalue weighted by Gasteiger charge is -2.26. The van der Waals surface area contributed by atoms with Gasteiger partial charge in [-0.15, -0.1) is 0 Å². The number of aliphatic hydroxyl groups is 1. The molecular weight excluding hydrogens is 266 g/mol. The van der Waals surface area contributed by atoms with Crippen molar-refractivity contribution in [3.8, 4) is 0 Å². The molecule has 21 heavy (non-hydrogen) atoms. The van der Waals surface area contributed by atoms with Crippen LogP contribution in [0.15, 0.2) is 11.6 Å². The largest absolute Gasteiger partial charge is 0.444 e. The zero-order valence-corrected chi connectivity index (χ0v) is 13.9. The number of rotatable bonds is 6. The molecule has 0 aromatic rings. The number of alkyl carbamates (subject to hydrolysis) is 1. The summed E-state index contributed by atoms with van der Waals surface area (Å²) in [5.74, 6) is 0.760. The Morgan fingerprint density at radius 2 is 2.24 bits per heavy atom. The molecule has 2 unspecified atom stereocenters. The summed E-state index contributed by atoms with van der Waals surface area (Å²) >= 11 is 0. The molecule has 1 rings (SSSR count). The number of hydrogen-bond acceptors (Lipinski definition) is 3. The SMILES string of the molecule is CCCC1CCC=C(CC(CO)NC(=O)OC(C)(C)C)C1. The number of nitrogens with one attached hydrogen (secondary N) is 1. The van der Waals surface area contributed by atoms with E-state index >= 15 is 0 Å². The van der Waals surface area contributed by atoms with E-state index in [9.17, 15) is 9.90 Å². The monoisotopic (exact) mass is 297 g/mol. The third-order valence-electron chi connectivity index (χ3n) is 3.71. The summed E-state index contributed by atoms with van der Waals surface area (Å²) in [6, 6.07) is -0.258. The lowest BCUT2D eigenvalue weighted by atomic mass is 9.84. The minimum absolute atomic E-state index is 0.0605. The van der Waals surface area contributed by atoms with Crippen molar-refractivity contribution in [1.29, 1.82) is 0 Å². The molecule has 0 radical (unpaired) electrons. The molecule has 1 aliphatic rings. The van der Waals surface area contributed by atoms with Crippen molar-refractivity contribution in [3.05, 3.63) is 11.6 Å². The van der Waals surface area contributed by atoms with E-state index in [1.54, 1.807) is 0 Å². The van der Waals surface area contributed by atoms with Crippen molar-refractivity contribution in [2.75, 3.05) is 6.61 Å². The molecule has 1 aliphatic carbocycles. The van der Waals surface area contributed by atoms with E-state index in [0.29, 0.717) is 0 Å². The van der Waals surface area contributed by atoms with Crippen LogP contribution in [0.25, 0.3) is 0 Å². The average Bonchev–Trinajstić information content (AvgIpc) is 2.36. The lowest BCUT2D eigenvalue weighted by molar-refractivity contribution is 0.0482. The van der Waals surface area contributed by atoms with Gasteiger partial charge in [0.25, 0.3) is 0 Å². The molecule has 4 heteroatoms. The van der Waals surface area contributed by atoms with Crippen LogP contribution >= 0.6 is 0 Å². The average molecular weight is 297 g/mol. The third-order valence-corrected chi connectivity index (χ3v) is 3.71. The van der Waals surface area contributed by atoms with Gasteiger partial charge in [-0.05, 0) is 52.4 Å². The maximum absolute atomic E-state index is 11.8. The van der Waals surface area contributed by atoms with Gasteiger partial charge in [-0.25, -0.2) is 4.79 Å². The van der Waals surface area contributed by atoms with Crippen LogP contribution in [0.2, 0.25) is 0 Å². The first-order valence-corrected chi connectivity index (χ1v) is 8.12. The number of ether oxygens (including phenoxy) is 1. The van der Waals surface area contributed by atoms with Crippen LogP contribution in [-0.4, -0.2) is 29.4 Å². The van der Waals surface area contributed by atoms with E-state index in [0.717, 1.165) is 25.2 Å². The van der Waals surface area contributed by atoms with Gasteiger partial charge in [0.1, 0.15) is 5.60 Å². The number of aliphatic hydroxyl groups excluding tert-OH is 1. The van der Waals surface area contributed by atoms with Gasteiger partial charge in [-0.3, -0.25) is 0 Å². The molecule has 0 saturated heterocycles. The first kappa shape index (κ1) is 18.0.